The molecule has 0 fully saturated rings. The largest absolute Gasteiger partial charge is 0.361 e. The van der Waals surface area contributed by atoms with Crippen molar-refractivity contribution < 1.29 is 4.52 Å². The first-order valence-electron chi connectivity index (χ1n) is 3.37. The molecule has 0 saturated carbocycles. The van der Waals surface area contributed by atoms with E-state index in [0.29, 0.717) is 6.54 Å². The molecule has 0 aromatic carbocycles. The van der Waals surface area contributed by atoms with Gasteiger partial charge in [-0.1, -0.05) is 5.16 Å². The van der Waals surface area contributed by atoms with Gasteiger partial charge in [0, 0.05) is 5.56 Å². The second kappa shape index (κ2) is 4.36. The Morgan fingerprint density at radius 3 is 2.45 bits per heavy atom. The van der Waals surface area contributed by atoms with Gasteiger partial charge in [0.1, 0.15) is 5.76 Å². The van der Waals surface area contributed by atoms with Crippen molar-refractivity contribution in [2.45, 2.75) is 20.3 Å². The Morgan fingerprint density at radius 1 is 1.45 bits per heavy atom. The zero-order valence-electron chi connectivity index (χ0n) is 6.76. The van der Waals surface area contributed by atoms with Crippen molar-refractivity contribution in [3.05, 3.63) is 17.0 Å². The molecule has 0 aliphatic heterocycles. The molecule has 0 amide bonds. The van der Waals surface area contributed by atoms with E-state index in [1.165, 1.54) is 0 Å². The SMILES string of the molecule is Cc1noc(C)c1CCN.Cl. The number of aromatic nitrogens is 1. The van der Waals surface area contributed by atoms with Gasteiger partial charge in [0.15, 0.2) is 0 Å². The Balaban J connectivity index is 0.000001000. The summed E-state index contributed by atoms with van der Waals surface area (Å²) in [6, 6.07) is 0. The van der Waals surface area contributed by atoms with Crippen molar-refractivity contribution in [3.63, 3.8) is 0 Å². The molecule has 0 atom stereocenters. The van der Waals surface area contributed by atoms with Gasteiger partial charge in [-0.25, -0.2) is 0 Å². The molecule has 2 N–H and O–H groups in total. The maximum atomic E-state index is 5.39. The van der Waals surface area contributed by atoms with Crippen LogP contribution in [0.4, 0.5) is 0 Å². The Morgan fingerprint density at radius 2 is 2.09 bits per heavy atom. The van der Waals surface area contributed by atoms with E-state index in [9.17, 15) is 0 Å². The van der Waals surface area contributed by atoms with Crippen LogP contribution in [0, 0.1) is 13.8 Å². The van der Waals surface area contributed by atoms with Gasteiger partial charge in [0.05, 0.1) is 5.69 Å². The lowest BCUT2D eigenvalue weighted by Crippen LogP contribution is -2.03. The van der Waals surface area contributed by atoms with Crippen molar-refractivity contribution >= 4 is 12.4 Å². The Labute approximate surface area is 72.3 Å². The maximum Gasteiger partial charge on any atom is 0.137 e. The number of hydrogen-bond donors (Lipinski definition) is 1. The normalized spacial score (nSPS) is 9.36. The van der Waals surface area contributed by atoms with Gasteiger partial charge < -0.3 is 10.3 Å². The minimum atomic E-state index is 0. The highest BCUT2D eigenvalue weighted by Crippen LogP contribution is 2.11. The van der Waals surface area contributed by atoms with Crippen LogP contribution >= 0.6 is 12.4 Å². The summed E-state index contributed by atoms with van der Waals surface area (Å²) in [5.41, 5.74) is 7.50. The van der Waals surface area contributed by atoms with E-state index >= 15 is 0 Å². The molecule has 0 spiro atoms. The molecule has 1 heterocycles. The number of rotatable bonds is 2. The minimum absolute atomic E-state index is 0. The van der Waals surface area contributed by atoms with E-state index in [1.807, 2.05) is 13.8 Å². The van der Waals surface area contributed by atoms with Crippen LogP contribution in [0.25, 0.3) is 0 Å². The summed E-state index contributed by atoms with van der Waals surface area (Å²) in [6.07, 6.45) is 0.862. The highest BCUT2D eigenvalue weighted by atomic mass is 35.5. The fourth-order valence-corrected chi connectivity index (χ4v) is 1.00. The predicted molar refractivity (Wildman–Crippen MR) is 46.0 cm³/mol. The first-order valence-corrected chi connectivity index (χ1v) is 3.37. The number of nitrogens with two attached hydrogens (primary N) is 1. The van der Waals surface area contributed by atoms with Gasteiger partial charge in [0.25, 0.3) is 0 Å². The van der Waals surface area contributed by atoms with Crippen molar-refractivity contribution in [1.29, 1.82) is 0 Å². The highest BCUT2D eigenvalue weighted by molar-refractivity contribution is 5.85. The van der Waals surface area contributed by atoms with Gasteiger partial charge >= 0.3 is 0 Å². The van der Waals surface area contributed by atoms with E-state index in [0.717, 1.165) is 23.4 Å². The van der Waals surface area contributed by atoms with Crippen LogP contribution in [0.1, 0.15) is 17.0 Å². The summed E-state index contributed by atoms with van der Waals surface area (Å²) in [5.74, 6) is 0.892. The van der Waals surface area contributed by atoms with Crippen molar-refractivity contribution in [3.8, 4) is 0 Å². The van der Waals surface area contributed by atoms with Crippen molar-refractivity contribution in [2.24, 2.45) is 5.73 Å². The molecule has 3 nitrogen and oxygen atoms in total. The molecular formula is C7H13ClN2O. The molecule has 1 aromatic rings. The smallest absolute Gasteiger partial charge is 0.137 e. The third-order valence-electron chi connectivity index (χ3n) is 1.58. The van der Waals surface area contributed by atoms with Crippen LogP contribution < -0.4 is 5.73 Å². The predicted octanol–water partition coefficient (Wildman–Crippen LogP) is 1.21. The fourth-order valence-electron chi connectivity index (χ4n) is 1.00. The van der Waals surface area contributed by atoms with Crippen LogP contribution in [0.15, 0.2) is 4.52 Å². The Kier molecular flexibility index (Phi) is 4.15. The molecule has 0 unspecified atom stereocenters. The van der Waals surface area contributed by atoms with Gasteiger partial charge in [0.2, 0.25) is 0 Å². The topological polar surface area (TPSA) is 52.0 Å². The fraction of sp³-hybridized carbons (Fsp3) is 0.571. The number of hydrogen-bond acceptors (Lipinski definition) is 3. The monoisotopic (exact) mass is 176 g/mol. The first kappa shape index (κ1) is 10.5. The van der Waals surface area contributed by atoms with Crippen LogP contribution in [-0.4, -0.2) is 11.7 Å². The van der Waals surface area contributed by atoms with Gasteiger partial charge in [-0.2, -0.15) is 0 Å². The molecule has 0 aliphatic rings. The average molecular weight is 177 g/mol. The third-order valence-corrected chi connectivity index (χ3v) is 1.58. The van der Waals surface area contributed by atoms with Crippen LogP contribution in [0.2, 0.25) is 0 Å². The van der Waals surface area contributed by atoms with Crippen molar-refractivity contribution in [1.82, 2.24) is 5.16 Å². The lowest BCUT2D eigenvalue weighted by atomic mass is 10.1. The molecule has 1 aromatic heterocycles. The lowest BCUT2D eigenvalue weighted by molar-refractivity contribution is 0.392. The highest BCUT2D eigenvalue weighted by Gasteiger charge is 2.06. The van der Waals surface area contributed by atoms with E-state index in [2.05, 4.69) is 5.16 Å². The second-order valence-corrected chi connectivity index (χ2v) is 2.34. The second-order valence-electron chi connectivity index (χ2n) is 2.34. The van der Waals surface area contributed by atoms with Crippen LogP contribution in [-0.2, 0) is 6.42 Å². The quantitative estimate of drug-likeness (QED) is 0.737. The molecule has 1 rings (SSSR count). The zero-order valence-corrected chi connectivity index (χ0v) is 7.57. The summed E-state index contributed by atoms with van der Waals surface area (Å²) in [7, 11) is 0. The standard InChI is InChI=1S/C7H12N2O.ClH/c1-5-7(3-4-8)6(2)10-9-5;/h3-4,8H2,1-2H3;1H. The minimum Gasteiger partial charge on any atom is -0.361 e. The summed E-state index contributed by atoms with van der Waals surface area (Å²) < 4.78 is 4.94. The average Bonchev–Trinajstić information content (AvgIpc) is 2.20. The molecule has 0 radical (unpaired) electrons. The number of halogens is 1. The van der Waals surface area contributed by atoms with E-state index in [4.69, 9.17) is 10.3 Å². The van der Waals surface area contributed by atoms with Gasteiger partial charge in [-0.3, -0.25) is 0 Å². The molecule has 0 aliphatic carbocycles. The Bertz CT molecular complexity index is 203. The summed E-state index contributed by atoms with van der Waals surface area (Å²) in [5, 5.41) is 3.80. The van der Waals surface area contributed by atoms with Crippen LogP contribution in [0.3, 0.4) is 0 Å². The van der Waals surface area contributed by atoms with Crippen LogP contribution in [0.5, 0.6) is 0 Å². The molecule has 64 valence electrons. The number of aryl methyl sites for hydroxylation is 2. The molecule has 4 heteroatoms. The number of nitrogens with zero attached hydrogens (tertiary/aromatic N) is 1. The Hall–Kier alpha value is -0.540. The first-order chi connectivity index (χ1) is 4.75. The molecule has 0 bridgehead atoms. The zero-order chi connectivity index (χ0) is 7.56. The maximum absolute atomic E-state index is 5.39. The summed E-state index contributed by atoms with van der Waals surface area (Å²) in [4.78, 5) is 0. The van der Waals surface area contributed by atoms with E-state index in [-0.39, 0.29) is 12.4 Å². The molecule has 11 heavy (non-hydrogen) atoms. The van der Waals surface area contributed by atoms with E-state index in [1.54, 1.807) is 0 Å². The summed E-state index contributed by atoms with van der Waals surface area (Å²) in [6.45, 7) is 4.50. The third kappa shape index (κ3) is 2.20. The van der Waals surface area contributed by atoms with E-state index < -0.39 is 0 Å². The molecular weight excluding hydrogens is 164 g/mol. The van der Waals surface area contributed by atoms with Gasteiger partial charge in [-0.05, 0) is 26.8 Å². The lowest BCUT2D eigenvalue weighted by Gasteiger charge is -1.92. The van der Waals surface area contributed by atoms with Gasteiger partial charge in [-0.15, -0.1) is 12.4 Å². The molecule has 0 saturated heterocycles. The summed E-state index contributed by atoms with van der Waals surface area (Å²) >= 11 is 0. The van der Waals surface area contributed by atoms with Crippen molar-refractivity contribution in [2.75, 3.05) is 6.54 Å².